The van der Waals surface area contributed by atoms with Crippen molar-refractivity contribution in [3.8, 4) is 5.75 Å². The molecule has 8 heteroatoms. The molecule has 0 radical (unpaired) electrons. The highest BCUT2D eigenvalue weighted by molar-refractivity contribution is 6.31. The lowest BCUT2D eigenvalue weighted by Gasteiger charge is -2.14. The van der Waals surface area contributed by atoms with E-state index < -0.39 is 11.7 Å². The van der Waals surface area contributed by atoms with Crippen LogP contribution in [0.1, 0.15) is 27.2 Å². The molecular weight excluding hydrogens is 394 g/mol. The number of amides is 1. The third-order valence-corrected chi connectivity index (χ3v) is 4.49. The lowest BCUT2D eigenvalue weighted by atomic mass is 10.1. The van der Waals surface area contributed by atoms with Crippen LogP contribution in [0.25, 0.3) is 0 Å². The average molecular weight is 412 g/mol. The second-order valence-electron chi connectivity index (χ2n) is 6.17. The predicted octanol–water partition coefficient (Wildman–Crippen LogP) is 4.07. The van der Waals surface area contributed by atoms with Crippen molar-refractivity contribution in [2.75, 3.05) is 17.7 Å². The fraction of sp³-hybridized carbons (Fsp3) is 0.0952. The second-order valence-corrected chi connectivity index (χ2v) is 6.61. The van der Waals surface area contributed by atoms with E-state index in [4.69, 9.17) is 31.9 Å². The Morgan fingerprint density at radius 2 is 2.07 bits per heavy atom. The third kappa shape index (κ3) is 4.47. The van der Waals surface area contributed by atoms with Gasteiger partial charge in [0.15, 0.2) is 12.4 Å². The van der Waals surface area contributed by atoms with Crippen LogP contribution in [0, 0.1) is 12.3 Å². The normalized spacial score (nSPS) is 10.4. The van der Waals surface area contributed by atoms with E-state index in [1.807, 2.05) is 0 Å². The van der Waals surface area contributed by atoms with Gasteiger partial charge in [0, 0.05) is 28.2 Å². The van der Waals surface area contributed by atoms with Crippen molar-refractivity contribution >= 4 is 40.9 Å². The maximum atomic E-state index is 12.6. The number of nitrogens with one attached hydrogen (secondary N) is 2. The first-order valence-corrected chi connectivity index (χ1v) is 8.98. The summed E-state index contributed by atoms with van der Waals surface area (Å²) in [5, 5.41) is 10.5. The highest BCUT2D eigenvalue weighted by atomic mass is 35.5. The Labute approximate surface area is 171 Å². The van der Waals surface area contributed by atoms with Crippen LogP contribution >= 0.6 is 11.6 Å². The highest BCUT2D eigenvalue weighted by Gasteiger charge is 2.19. The number of carbonyl (C=O) groups is 2. The zero-order valence-corrected chi connectivity index (χ0v) is 16.2. The van der Waals surface area contributed by atoms with Gasteiger partial charge in [0.25, 0.3) is 5.91 Å². The number of ether oxygens (including phenoxy) is 1. The van der Waals surface area contributed by atoms with Crippen LogP contribution in [0.2, 0.25) is 5.02 Å². The Kier molecular flexibility index (Phi) is 5.99. The van der Waals surface area contributed by atoms with Gasteiger partial charge in [0.05, 0.1) is 11.8 Å². The molecule has 2 aromatic carbocycles. The lowest BCUT2D eigenvalue weighted by Crippen LogP contribution is -2.21. The van der Waals surface area contributed by atoms with E-state index in [9.17, 15) is 9.59 Å². The summed E-state index contributed by atoms with van der Waals surface area (Å²) in [7, 11) is 0. The van der Waals surface area contributed by atoms with Crippen LogP contribution in [-0.4, -0.2) is 24.5 Å². The maximum absolute atomic E-state index is 12.6. The smallest absolute Gasteiger partial charge is 0.262 e. The van der Waals surface area contributed by atoms with Crippen LogP contribution in [0.5, 0.6) is 5.75 Å². The number of halogens is 1. The van der Waals surface area contributed by atoms with Crippen LogP contribution in [0.4, 0.5) is 11.4 Å². The highest BCUT2D eigenvalue weighted by Crippen LogP contribution is 2.26. The molecule has 1 aromatic heterocycles. The number of hydrogen-bond acceptors (Lipinski definition) is 6. The molecule has 29 heavy (non-hydrogen) atoms. The maximum Gasteiger partial charge on any atom is 0.262 e. The fourth-order valence-electron chi connectivity index (χ4n) is 2.75. The van der Waals surface area contributed by atoms with Gasteiger partial charge in [-0.2, -0.15) is 0 Å². The molecule has 0 aliphatic carbocycles. The Morgan fingerprint density at radius 3 is 2.76 bits per heavy atom. The molecular formula is C21H18ClN3O4. The van der Waals surface area contributed by atoms with Crippen molar-refractivity contribution in [2.45, 2.75) is 6.92 Å². The number of hydrogen-bond donors (Lipinski definition) is 3. The van der Waals surface area contributed by atoms with Crippen LogP contribution < -0.4 is 15.8 Å². The summed E-state index contributed by atoms with van der Waals surface area (Å²) in [6.07, 6.45) is 2.53. The number of carbonyl (C=O) groups excluding carboxylic acids is 2. The van der Waals surface area contributed by atoms with Gasteiger partial charge in [-0.3, -0.25) is 9.59 Å². The summed E-state index contributed by atoms with van der Waals surface area (Å²) in [4.78, 5) is 24.9. The van der Waals surface area contributed by atoms with E-state index in [-0.39, 0.29) is 23.7 Å². The minimum absolute atomic E-state index is 0.137. The van der Waals surface area contributed by atoms with Crippen molar-refractivity contribution in [2.24, 2.45) is 0 Å². The topological polar surface area (TPSA) is 118 Å². The SMILES string of the molecule is Cc1c(NC(=O)COc2ccc(Cl)cc2C(=O)c2ccco2)ccc(N)c1C=N. The van der Waals surface area contributed by atoms with Crippen molar-refractivity contribution in [3.63, 3.8) is 0 Å². The van der Waals surface area contributed by atoms with Gasteiger partial charge >= 0.3 is 0 Å². The molecule has 4 N–H and O–H groups in total. The van der Waals surface area contributed by atoms with Crippen LogP contribution in [0.15, 0.2) is 53.1 Å². The van der Waals surface area contributed by atoms with Crippen molar-refractivity contribution in [1.82, 2.24) is 0 Å². The Morgan fingerprint density at radius 1 is 1.28 bits per heavy atom. The first-order chi connectivity index (χ1) is 13.9. The molecule has 0 aliphatic heterocycles. The van der Waals surface area contributed by atoms with E-state index in [1.165, 1.54) is 24.5 Å². The number of nitrogen functional groups attached to an aromatic ring is 1. The molecule has 148 valence electrons. The number of rotatable bonds is 7. The van der Waals surface area contributed by atoms with Gasteiger partial charge in [0.1, 0.15) is 5.75 Å². The van der Waals surface area contributed by atoms with Crippen LogP contribution in [0.3, 0.4) is 0 Å². The van der Waals surface area contributed by atoms with Gasteiger partial charge in [-0.05, 0) is 55.0 Å². The number of furan rings is 1. The molecule has 0 saturated carbocycles. The Bertz CT molecular complexity index is 1080. The third-order valence-electron chi connectivity index (χ3n) is 4.26. The van der Waals surface area contributed by atoms with Crippen molar-refractivity contribution in [1.29, 1.82) is 5.41 Å². The zero-order chi connectivity index (χ0) is 21.0. The molecule has 0 aliphatic rings. The van der Waals surface area contributed by atoms with E-state index in [0.29, 0.717) is 27.5 Å². The zero-order valence-electron chi connectivity index (χ0n) is 15.5. The fourth-order valence-corrected chi connectivity index (χ4v) is 2.92. The molecule has 3 rings (SSSR count). The first kappa shape index (κ1) is 20.2. The molecule has 7 nitrogen and oxygen atoms in total. The van der Waals surface area contributed by atoms with E-state index in [1.54, 1.807) is 31.2 Å². The van der Waals surface area contributed by atoms with Gasteiger partial charge in [-0.15, -0.1) is 0 Å². The molecule has 0 fully saturated rings. The molecule has 1 heterocycles. The number of nitrogens with two attached hydrogens (primary N) is 1. The summed E-state index contributed by atoms with van der Waals surface area (Å²) in [6, 6.07) is 10.9. The Balaban J connectivity index is 1.74. The van der Waals surface area contributed by atoms with Gasteiger partial charge < -0.3 is 25.6 Å². The monoisotopic (exact) mass is 411 g/mol. The summed E-state index contributed by atoms with van der Waals surface area (Å²) < 4.78 is 10.7. The van der Waals surface area contributed by atoms with E-state index >= 15 is 0 Å². The van der Waals surface area contributed by atoms with Gasteiger partial charge in [0.2, 0.25) is 5.78 Å². The molecule has 0 unspecified atom stereocenters. The van der Waals surface area contributed by atoms with Crippen molar-refractivity contribution in [3.05, 3.63) is 76.2 Å². The van der Waals surface area contributed by atoms with Crippen LogP contribution in [-0.2, 0) is 4.79 Å². The predicted molar refractivity (Wildman–Crippen MR) is 111 cm³/mol. The number of anilines is 2. The minimum Gasteiger partial charge on any atom is -0.483 e. The van der Waals surface area contributed by atoms with Crippen molar-refractivity contribution < 1.29 is 18.7 Å². The average Bonchev–Trinajstić information content (AvgIpc) is 3.24. The molecule has 0 spiro atoms. The summed E-state index contributed by atoms with van der Waals surface area (Å²) in [5.74, 6) is -0.489. The summed E-state index contributed by atoms with van der Waals surface area (Å²) >= 11 is 6.00. The summed E-state index contributed by atoms with van der Waals surface area (Å²) in [6.45, 7) is 1.43. The largest absolute Gasteiger partial charge is 0.483 e. The van der Waals surface area contributed by atoms with E-state index in [2.05, 4.69) is 5.32 Å². The summed E-state index contributed by atoms with van der Waals surface area (Å²) in [5.41, 5.74) is 8.20. The minimum atomic E-state index is -0.430. The Hall–Kier alpha value is -3.58. The molecule has 0 saturated heterocycles. The number of ketones is 1. The van der Waals surface area contributed by atoms with Gasteiger partial charge in [-0.1, -0.05) is 11.6 Å². The standard InChI is InChI=1S/C21H18ClN3O4/c1-12-15(10-23)16(24)5-6-17(12)25-20(26)11-29-18-7-4-13(22)9-14(18)21(27)19-3-2-8-28-19/h2-10,23H,11,24H2,1H3,(H,25,26). The number of benzene rings is 2. The van der Waals surface area contributed by atoms with E-state index in [0.717, 1.165) is 6.21 Å². The second kappa shape index (κ2) is 8.62. The lowest BCUT2D eigenvalue weighted by molar-refractivity contribution is -0.118. The first-order valence-electron chi connectivity index (χ1n) is 8.60. The molecule has 0 atom stereocenters. The van der Waals surface area contributed by atoms with Gasteiger partial charge in [-0.25, -0.2) is 0 Å². The quantitative estimate of drug-likeness (QED) is 0.307. The molecule has 0 bridgehead atoms. The molecule has 1 amide bonds. The molecule has 3 aromatic rings.